The Labute approximate surface area is 108 Å². The highest BCUT2D eigenvalue weighted by Crippen LogP contribution is 2.43. The number of rotatable bonds is 1. The molecule has 1 aromatic carbocycles. The van der Waals surface area contributed by atoms with E-state index in [0.29, 0.717) is 5.56 Å². The van der Waals surface area contributed by atoms with Gasteiger partial charge in [0.05, 0.1) is 12.7 Å². The zero-order valence-corrected chi connectivity index (χ0v) is 11.1. The second kappa shape index (κ2) is 4.67. The SMILES string of the molecule is COC(=O)c1ccc2c(c1)[C@H](N)CC2(C)C.Cl. The van der Waals surface area contributed by atoms with E-state index in [2.05, 4.69) is 13.8 Å². The summed E-state index contributed by atoms with van der Waals surface area (Å²) in [5, 5.41) is 0. The molecule has 0 heterocycles. The molecule has 0 aliphatic heterocycles. The quantitative estimate of drug-likeness (QED) is 0.785. The van der Waals surface area contributed by atoms with Crippen LogP contribution in [0.3, 0.4) is 0 Å². The van der Waals surface area contributed by atoms with Gasteiger partial charge in [0.15, 0.2) is 0 Å². The molecular formula is C13H18ClNO2. The molecule has 94 valence electrons. The molecule has 0 saturated carbocycles. The Bertz CT molecular complexity index is 443. The predicted molar refractivity (Wildman–Crippen MR) is 69.6 cm³/mol. The minimum atomic E-state index is -0.306. The maximum Gasteiger partial charge on any atom is 0.337 e. The lowest BCUT2D eigenvalue weighted by Gasteiger charge is -2.18. The first-order valence-electron chi connectivity index (χ1n) is 5.44. The van der Waals surface area contributed by atoms with Gasteiger partial charge < -0.3 is 10.5 Å². The van der Waals surface area contributed by atoms with Crippen LogP contribution in [-0.2, 0) is 10.2 Å². The van der Waals surface area contributed by atoms with E-state index in [1.54, 1.807) is 0 Å². The van der Waals surface area contributed by atoms with Gasteiger partial charge >= 0.3 is 5.97 Å². The van der Waals surface area contributed by atoms with Gasteiger partial charge in [0, 0.05) is 6.04 Å². The lowest BCUT2D eigenvalue weighted by Crippen LogP contribution is -2.14. The predicted octanol–water partition coefficient (Wildman–Crippen LogP) is 2.58. The van der Waals surface area contributed by atoms with E-state index >= 15 is 0 Å². The Kier molecular flexibility index (Phi) is 3.84. The molecule has 0 amide bonds. The smallest absolute Gasteiger partial charge is 0.337 e. The zero-order chi connectivity index (χ0) is 11.9. The number of hydrogen-bond acceptors (Lipinski definition) is 3. The highest BCUT2D eigenvalue weighted by Gasteiger charge is 2.35. The Hall–Kier alpha value is -1.06. The highest BCUT2D eigenvalue weighted by molar-refractivity contribution is 5.89. The minimum Gasteiger partial charge on any atom is -0.465 e. The van der Waals surface area contributed by atoms with Crippen molar-refractivity contribution in [2.75, 3.05) is 7.11 Å². The van der Waals surface area contributed by atoms with E-state index < -0.39 is 0 Å². The third-order valence-corrected chi connectivity index (χ3v) is 3.33. The topological polar surface area (TPSA) is 52.3 Å². The molecule has 0 aromatic heterocycles. The Morgan fingerprint density at radius 2 is 2.12 bits per heavy atom. The van der Waals surface area contributed by atoms with Gasteiger partial charge in [-0.05, 0) is 35.1 Å². The lowest BCUT2D eigenvalue weighted by molar-refractivity contribution is 0.0600. The van der Waals surface area contributed by atoms with Crippen molar-refractivity contribution in [1.82, 2.24) is 0 Å². The summed E-state index contributed by atoms with van der Waals surface area (Å²) >= 11 is 0. The molecule has 1 atom stereocenters. The molecule has 1 aliphatic rings. The first-order valence-corrected chi connectivity index (χ1v) is 5.44. The molecule has 0 saturated heterocycles. The third-order valence-electron chi connectivity index (χ3n) is 3.33. The molecule has 0 spiro atoms. The van der Waals surface area contributed by atoms with E-state index in [0.717, 1.165) is 12.0 Å². The third kappa shape index (κ3) is 2.31. The Morgan fingerprint density at radius 3 is 2.71 bits per heavy atom. The summed E-state index contributed by atoms with van der Waals surface area (Å²) in [7, 11) is 1.39. The Balaban J connectivity index is 0.00000144. The van der Waals surface area contributed by atoms with E-state index in [9.17, 15) is 4.79 Å². The van der Waals surface area contributed by atoms with Crippen molar-refractivity contribution in [3.8, 4) is 0 Å². The van der Waals surface area contributed by atoms with Crippen LogP contribution in [0.15, 0.2) is 18.2 Å². The van der Waals surface area contributed by atoms with Gasteiger partial charge in [0.1, 0.15) is 0 Å². The second-order valence-electron chi connectivity index (χ2n) is 4.99. The van der Waals surface area contributed by atoms with Crippen LogP contribution in [0.5, 0.6) is 0 Å². The fourth-order valence-corrected chi connectivity index (χ4v) is 2.50. The number of nitrogens with two attached hydrogens (primary N) is 1. The van der Waals surface area contributed by atoms with Gasteiger partial charge in [-0.3, -0.25) is 0 Å². The van der Waals surface area contributed by atoms with Gasteiger partial charge in [-0.25, -0.2) is 4.79 Å². The van der Waals surface area contributed by atoms with Crippen molar-refractivity contribution >= 4 is 18.4 Å². The maximum atomic E-state index is 11.4. The summed E-state index contributed by atoms with van der Waals surface area (Å²) in [5.74, 6) is -0.306. The normalized spacial score (nSPS) is 20.4. The van der Waals surface area contributed by atoms with Crippen molar-refractivity contribution in [3.63, 3.8) is 0 Å². The van der Waals surface area contributed by atoms with Gasteiger partial charge in [-0.15, -0.1) is 12.4 Å². The van der Waals surface area contributed by atoms with E-state index in [1.165, 1.54) is 12.7 Å². The van der Waals surface area contributed by atoms with Crippen LogP contribution >= 0.6 is 12.4 Å². The van der Waals surface area contributed by atoms with Crippen LogP contribution in [0.1, 0.15) is 47.8 Å². The number of hydrogen-bond donors (Lipinski definition) is 1. The first-order chi connectivity index (χ1) is 7.45. The standard InChI is InChI=1S/C13H17NO2.ClH/c1-13(2)7-11(14)9-6-8(12(15)16-3)4-5-10(9)13;/h4-6,11H,7,14H2,1-3H3;1H/t11-;/m1./s1. The fraction of sp³-hybridized carbons (Fsp3) is 0.462. The first kappa shape index (κ1) is 14.0. The molecule has 0 unspecified atom stereocenters. The van der Waals surface area contributed by atoms with Crippen molar-refractivity contribution in [2.24, 2.45) is 5.73 Å². The van der Waals surface area contributed by atoms with Crippen LogP contribution in [0.4, 0.5) is 0 Å². The Morgan fingerprint density at radius 1 is 1.47 bits per heavy atom. The van der Waals surface area contributed by atoms with Crippen LogP contribution in [-0.4, -0.2) is 13.1 Å². The number of halogens is 1. The van der Waals surface area contributed by atoms with Crippen LogP contribution in [0.25, 0.3) is 0 Å². The molecule has 2 N–H and O–H groups in total. The van der Waals surface area contributed by atoms with Gasteiger partial charge in [0.25, 0.3) is 0 Å². The van der Waals surface area contributed by atoms with Crippen molar-refractivity contribution in [3.05, 3.63) is 34.9 Å². The van der Waals surface area contributed by atoms with E-state index in [1.807, 2.05) is 18.2 Å². The fourth-order valence-electron chi connectivity index (χ4n) is 2.50. The molecular weight excluding hydrogens is 238 g/mol. The van der Waals surface area contributed by atoms with Crippen molar-refractivity contribution in [2.45, 2.75) is 31.7 Å². The molecule has 1 aliphatic carbocycles. The second-order valence-corrected chi connectivity index (χ2v) is 4.99. The average molecular weight is 256 g/mol. The molecule has 3 nitrogen and oxygen atoms in total. The number of carbonyl (C=O) groups is 1. The van der Waals surface area contributed by atoms with Crippen LogP contribution < -0.4 is 5.73 Å². The molecule has 2 rings (SSSR count). The summed E-state index contributed by atoms with van der Waals surface area (Å²) in [6.45, 7) is 4.35. The number of ether oxygens (including phenoxy) is 1. The number of methoxy groups -OCH3 is 1. The monoisotopic (exact) mass is 255 g/mol. The average Bonchev–Trinajstić information content (AvgIpc) is 2.48. The molecule has 0 fully saturated rings. The van der Waals surface area contributed by atoms with E-state index in [-0.39, 0.29) is 29.8 Å². The van der Waals surface area contributed by atoms with E-state index in [4.69, 9.17) is 10.5 Å². The van der Waals surface area contributed by atoms with Gasteiger partial charge in [-0.1, -0.05) is 19.9 Å². The van der Waals surface area contributed by atoms with Crippen LogP contribution in [0.2, 0.25) is 0 Å². The number of fused-ring (bicyclic) bond motifs is 1. The summed E-state index contributed by atoms with van der Waals surface area (Å²) in [6.07, 6.45) is 0.924. The molecule has 4 heteroatoms. The lowest BCUT2D eigenvalue weighted by atomic mass is 9.86. The van der Waals surface area contributed by atoms with Crippen molar-refractivity contribution in [1.29, 1.82) is 0 Å². The molecule has 0 radical (unpaired) electrons. The summed E-state index contributed by atoms with van der Waals surface area (Å²) in [4.78, 5) is 11.4. The largest absolute Gasteiger partial charge is 0.465 e. The van der Waals surface area contributed by atoms with Crippen molar-refractivity contribution < 1.29 is 9.53 Å². The summed E-state index contributed by atoms with van der Waals surface area (Å²) < 4.78 is 4.70. The summed E-state index contributed by atoms with van der Waals surface area (Å²) in [6, 6.07) is 5.69. The number of esters is 1. The number of carbonyl (C=O) groups excluding carboxylic acids is 1. The van der Waals surface area contributed by atoms with Gasteiger partial charge in [0.2, 0.25) is 0 Å². The van der Waals surface area contributed by atoms with Gasteiger partial charge in [-0.2, -0.15) is 0 Å². The van der Waals surface area contributed by atoms with Crippen LogP contribution in [0, 0.1) is 0 Å². The minimum absolute atomic E-state index is 0. The maximum absolute atomic E-state index is 11.4. The summed E-state index contributed by atoms with van der Waals surface area (Å²) in [5.41, 5.74) is 9.08. The highest BCUT2D eigenvalue weighted by atomic mass is 35.5. The zero-order valence-electron chi connectivity index (χ0n) is 10.3. The number of benzene rings is 1. The molecule has 0 bridgehead atoms. The molecule has 17 heavy (non-hydrogen) atoms. The molecule has 1 aromatic rings.